The first-order valence-corrected chi connectivity index (χ1v) is 5.17. The molecule has 0 unspecified atom stereocenters. The van der Waals surface area contributed by atoms with Gasteiger partial charge in [0.25, 0.3) is 0 Å². The molecule has 2 aromatic heterocycles. The van der Waals surface area contributed by atoms with Gasteiger partial charge in [-0.25, -0.2) is 19.0 Å². The van der Waals surface area contributed by atoms with Gasteiger partial charge >= 0.3 is 0 Å². The summed E-state index contributed by atoms with van der Waals surface area (Å²) in [6.45, 7) is 2.64. The summed E-state index contributed by atoms with van der Waals surface area (Å²) in [5.41, 5.74) is 0.627. The third-order valence-corrected chi connectivity index (χ3v) is 2.19. The molecule has 0 fully saturated rings. The van der Waals surface area contributed by atoms with Crippen molar-refractivity contribution in [3.8, 4) is 11.4 Å². The zero-order chi connectivity index (χ0) is 11.5. The van der Waals surface area contributed by atoms with Gasteiger partial charge in [-0.3, -0.25) is 0 Å². The Kier molecular flexibility index (Phi) is 3.09. The number of aryl methyl sites for hydroxylation is 1. The van der Waals surface area contributed by atoms with Crippen molar-refractivity contribution in [2.24, 2.45) is 0 Å². The molecule has 0 radical (unpaired) electrons. The van der Waals surface area contributed by atoms with E-state index in [0.717, 1.165) is 12.6 Å². The molecule has 0 atom stereocenters. The molecule has 2 aromatic rings. The maximum Gasteiger partial charge on any atom is 0.223 e. The lowest BCUT2D eigenvalue weighted by atomic mass is 10.3. The van der Waals surface area contributed by atoms with E-state index in [0.29, 0.717) is 12.2 Å². The van der Waals surface area contributed by atoms with E-state index in [-0.39, 0.29) is 11.0 Å². The minimum Gasteiger partial charge on any atom is -0.243 e. The van der Waals surface area contributed by atoms with Crippen molar-refractivity contribution >= 4 is 11.6 Å². The Morgan fingerprint density at radius 3 is 3.00 bits per heavy atom. The molecule has 0 amide bonds. The van der Waals surface area contributed by atoms with Crippen LogP contribution in [-0.2, 0) is 6.54 Å². The van der Waals surface area contributed by atoms with Crippen molar-refractivity contribution in [1.29, 1.82) is 0 Å². The molecule has 0 saturated heterocycles. The predicted octanol–water partition coefficient (Wildman–Crippen LogP) is 1.94. The quantitative estimate of drug-likeness (QED) is 0.771. The number of aromatic nitrogens is 5. The lowest BCUT2D eigenvalue weighted by molar-refractivity contribution is 0.574. The molecule has 0 aromatic carbocycles. The monoisotopic (exact) mass is 241 g/mol. The average Bonchev–Trinajstić information content (AvgIpc) is 2.70. The SMILES string of the molecule is CCCn1nncc1-c1nc(Cl)ncc1F. The van der Waals surface area contributed by atoms with E-state index in [2.05, 4.69) is 20.3 Å². The number of halogens is 2. The summed E-state index contributed by atoms with van der Waals surface area (Å²) in [4.78, 5) is 7.39. The molecule has 0 spiro atoms. The molecule has 0 aliphatic carbocycles. The van der Waals surface area contributed by atoms with Gasteiger partial charge in [0.1, 0.15) is 11.4 Å². The number of nitrogens with zero attached hydrogens (tertiary/aromatic N) is 5. The second-order valence-corrected chi connectivity index (χ2v) is 3.52. The highest BCUT2D eigenvalue weighted by atomic mass is 35.5. The van der Waals surface area contributed by atoms with Crippen LogP contribution in [0.3, 0.4) is 0 Å². The molecule has 0 saturated carbocycles. The van der Waals surface area contributed by atoms with E-state index in [4.69, 9.17) is 11.6 Å². The van der Waals surface area contributed by atoms with E-state index in [1.54, 1.807) is 4.68 Å². The predicted molar refractivity (Wildman–Crippen MR) is 56.3 cm³/mol. The van der Waals surface area contributed by atoms with Crippen LogP contribution < -0.4 is 0 Å². The minimum absolute atomic E-state index is 0.000600. The summed E-state index contributed by atoms with van der Waals surface area (Å²) in [6.07, 6.45) is 3.36. The van der Waals surface area contributed by atoms with Gasteiger partial charge in [0.2, 0.25) is 5.28 Å². The Morgan fingerprint density at radius 1 is 1.44 bits per heavy atom. The van der Waals surface area contributed by atoms with Crippen molar-refractivity contribution in [1.82, 2.24) is 25.0 Å². The van der Waals surface area contributed by atoms with Crippen molar-refractivity contribution in [3.63, 3.8) is 0 Å². The van der Waals surface area contributed by atoms with E-state index < -0.39 is 5.82 Å². The molecule has 2 rings (SSSR count). The normalized spacial score (nSPS) is 10.7. The van der Waals surface area contributed by atoms with E-state index in [1.165, 1.54) is 6.20 Å². The molecule has 0 N–H and O–H groups in total. The maximum absolute atomic E-state index is 13.5. The van der Waals surface area contributed by atoms with Crippen LogP contribution in [0.1, 0.15) is 13.3 Å². The second kappa shape index (κ2) is 4.52. The molecule has 0 aliphatic heterocycles. The summed E-state index contributed by atoms with van der Waals surface area (Å²) >= 11 is 5.62. The zero-order valence-electron chi connectivity index (χ0n) is 8.56. The van der Waals surface area contributed by atoms with Gasteiger partial charge in [-0.05, 0) is 18.0 Å². The fraction of sp³-hybridized carbons (Fsp3) is 0.333. The first-order valence-electron chi connectivity index (χ1n) is 4.79. The molecule has 5 nitrogen and oxygen atoms in total. The molecule has 84 valence electrons. The van der Waals surface area contributed by atoms with Crippen LogP contribution in [0.4, 0.5) is 4.39 Å². The van der Waals surface area contributed by atoms with Crippen LogP contribution in [0.5, 0.6) is 0 Å². The maximum atomic E-state index is 13.5. The van der Waals surface area contributed by atoms with E-state index in [9.17, 15) is 4.39 Å². The van der Waals surface area contributed by atoms with Crippen molar-refractivity contribution in [2.45, 2.75) is 19.9 Å². The van der Waals surface area contributed by atoms with Crippen LogP contribution >= 0.6 is 11.6 Å². The van der Waals surface area contributed by atoms with Gasteiger partial charge in [0.15, 0.2) is 5.82 Å². The van der Waals surface area contributed by atoms with Crippen LogP contribution in [0.25, 0.3) is 11.4 Å². The Morgan fingerprint density at radius 2 is 2.25 bits per heavy atom. The molecule has 7 heteroatoms. The van der Waals surface area contributed by atoms with Gasteiger partial charge in [-0.15, -0.1) is 5.10 Å². The summed E-state index contributed by atoms with van der Waals surface area (Å²) in [5, 5.41) is 7.58. The van der Waals surface area contributed by atoms with Gasteiger partial charge in [0, 0.05) is 6.54 Å². The topological polar surface area (TPSA) is 56.5 Å². The molecule has 2 heterocycles. The van der Waals surface area contributed by atoms with Gasteiger partial charge in [-0.1, -0.05) is 12.1 Å². The summed E-state index contributed by atoms with van der Waals surface area (Å²) in [6, 6.07) is 0. The van der Waals surface area contributed by atoms with Gasteiger partial charge < -0.3 is 0 Å². The highest BCUT2D eigenvalue weighted by Crippen LogP contribution is 2.20. The zero-order valence-corrected chi connectivity index (χ0v) is 9.32. The molecular weight excluding hydrogens is 233 g/mol. The summed E-state index contributed by atoms with van der Waals surface area (Å²) < 4.78 is 15.1. The van der Waals surface area contributed by atoms with Crippen LogP contribution in [0.15, 0.2) is 12.4 Å². The third-order valence-electron chi connectivity index (χ3n) is 2.01. The van der Waals surface area contributed by atoms with Crippen molar-refractivity contribution in [3.05, 3.63) is 23.5 Å². The molecule has 16 heavy (non-hydrogen) atoms. The standard InChI is InChI=1S/C9H9ClFN5/c1-2-3-16-7(5-13-15-16)8-6(11)4-12-9(10)14-8/h4-5H,2-3H2,1H3. The van der Waals surface area contributed by atoms with Crippen molar-refractivity contribution in [2.75, 3.05) is 0 Å². The Balaban J connectivity index is 2.49. The van der Waals surface area contributed by atoms with E-state index >= 15 is 0 Å². The lowest BCUT2D eigenvalue weighted by Crippen LogP contribution is -2.04. The van der Waals surface area contributed by atoms with Crippen LogP contribution in [-0.4, -0.2) is 25.0 Å². The molecule has 0 aliphatic rings. The number of rotatable bonds is 3. The first kappa shape index (κ1) is 10.9. The smallest absolute Gasteiger partial charge is 0.223 e. The fourth-order valence-corrected chi connectivity index (χ4v) is 1.48. The summed E-state index contributed by atoms with van der Waals surface area (Å²) in [7, 11) is 0. The van der Waals surface area contributed by atoms with Gasteiger partial charge in [0.05, 0.1) is 12.4 Å². The number of hydrogen-bond donors (Lipinski definition) is 0. The van der Waals surface area contributed by atoms with Gasteiger partial charge in [-0.2, -0.15) is 0 Å². The molecule has 0 bridgehead atoms. The third kappa shape index (κ3) is 2.01. The first-order chi connectivity index (χ1) is 7.72. The number of hydrogen-bond acceptors (Lipinski definition) is 4. The average molecular weight is 242 g/mol. The van der Waals surface area contributed by atoms with E-state index in [1.807, 2.05) is 6.92 Å². The Labute approximate surface area is 96.3 Å². The highest BCUT2D eigenvalue weighted by molar-refractivity contribution is 6.28. The minimum atomic E-state index is -0.538. The van der Waals surface area contributed by atoms with Crippen LogP contribution in [0, 0.1) is 5.82 Å². The summed E-state index contributed by atoms with van der Waals surface area (Å²) in [5.74, 6) is -0.538. The highest BCUT2D eigenvalue weighted by Gasteiger charge is 2.13. The second-order valence-electron chi connectivity index (χ2n) is 3.18. The Bertz CT molecular complexity index is 498. The Hall–Kier alpha value is -1.56. The van der Waals surface area contributed by atoms with Crippen molar-refractivity contribution < 1.29 is 4.39 Å². The lowest BCUT2D eigenvalue weighted by Gasteiger charge is -2.04. The fourth-order valence-electron chi connectivity index (χ4n) is 1.34. The molecular formula is C9H9ClFN5. The van der Waals surface area contributed by atoms with Crippen LogP contribution in [0.2, 0.25) is 5.28 Å². The largest absolute Gasteiger partial charge is 0.243 e.